The van der Waals surface area contributed by atoms with E-state index in [9.17, 15) is 8.78 Å². The molecule has 0 fully saturated rings. The van der Waals surface area contributed by atoms with E-state index in [0.29, 0.717) is 6.08 Å². The number of alkyl halides is 2. The molecule has 0 radical (unpaired) electrons. The van der Waals surface area contributed by atoms with Gasteiger partial charge in [0.25, 0.3) is 6.43 Å². The van der Waals surface area contributed by atoms with Crippen LogP contribution in [0.15, 0.2) is 12.3 Å². The van der Waals surface area contributed by atoms with Crippen molar-refractivity contribution in [3.63, 3.8) is 0 Å². The van der Waals surface area contributed by atoms with Crippen molar-refractivity contribution in [3.8, 4) is 0 Å². The van der Waals surface area contributed by atoms with Crippen LogP contribution < -0.4 is 0 Å². The van der Waals surface area contributed by atoms with Gasteiger partial charge in [-0.15, -0.1) is 0 Å². The molecule has 0 rings (SSSR count). The Hall–Kier alpha value is -0.600. The quantitative estimate of drug-likeness (QED) is 0.486. The molecule has 0 aromatic heterocycles. The number of rotatable bonds is 2. The zero-order chi connectivity index (χ0) is 5.70. The van der Waals surface area contributed by atoms with Gasteiger partial charge in [0.15, 0.2) is 0 Å². The highest BCUT2D eigenvalue weighted by Gasteiger charge is 1.89. The Kier molecular flexibility index (Phi) is 3.28. The van der Waals surface area contributed by atoms with Crippen LogP contribution in [0.3, 0.4) is 0 Å². The molecule has 0 amide bonds. The van der Waals surface area contributed by atoms with Gasteiger partial charge >= 0.3 is 0 Å². The zero-order valence-corrected chi connectivity index (χ0v) is 3.90. The maximum atomic E-state index is 11.1. The number of methoxy groups -OCH3 is 1. The standard InChI is InChI=1S/C4H6F2O/c1-7-3-2-4(5)6/h2-4H,1H3. The summed E-state index contributed by atoms with van der Waals surface area (Å²) < 4.78 is 26.3. The number of hydrogen-bond acceptors (Lipinski definition) is 1. The fourth-order valence-electron chi connectivity index (χ4n) is 0.138. The van der Waals surface area contributed by atoms with Gasteiger partial charge < -0.3 is 4.74 Å². The summed E-state index contributed by atoms with van der Waals surface area (Å²) in [6.07, 6.45) is -0.787. The minimum atomic E-state index is -2.40. The van der Waals surface area contributed by atoms with Crippen LogP contribution in [0.5, 0.6) is 0 Å². The van der Waals surface area contributed by atoms with Gasteiger partial charge in [0, 0.05) is 6.08 Å². The summed E-state index contributed by atoms with van der Waals surface area (Å²) >= 11 is 0. The Morgan fingerprint density at radius 1 is 1.57 bits per heavy atom. The molecule has 0 atom stereocenters. The summed E-state index contributed by atoms with van der Waals surface area (Å²) in [6.45, 7) is 0. The van der Waals surface area contributed by atoms with Crippen LogP contribution in [0.2, 0.25) is 0 Å². The molecule has 0 heterocycles. The third-order valence-electron chi connectivity index (χ3n) is 0.360. The molecular formula is C4H6F2O. The zero-order valence-electron chi connectivity index (χ0n) is 3.90. The van der Waals surface area contributed by atoms with Crippen LogP contribution in [0, 0.1) is 0 Å². The molecular weight excluding hydrogens is 102 g/mol. The van der Waals surface area contributed by atoms with Gasteiger partial charge in [-0.3, -0.25) is 0 Å². The first-order valence-electron chi connectivity index (χ1n) is 1.75. The van der Waals surface area contributed by atoms with Crippen LogP contribution in [-0.2, 0) is 4.74 Å². The second-order valence-electron chi connectivity index (χ2n) is 0.899. The molecule has 0 aliphatic heterocycles. The summed E-state index contributed by atoms with van der Waals surface area (Å²) in [4.78, 5) is 0. The van der Waals surface area contributed by atoms with E-state index in [1.165, 1.54) is 7.11 Å². The second kappa shape index (κ2) is 3.59. The summed E-state index contributed by atoms with van der Waals surface area (Å²) in [5.74, 6) is 0. The Morgan fingerprint density at radius 2 is 2.14 bits per heavy atom. The van der Waals surface area contributed by atoms with E-state index in [1.807, 2.05) is 0 Å². The Bertz CT molecular complexity index is 60.7. The van der Waals surface area contributed by atoms with Crippen molar-refractivity contribution in [3.05, 3.63) is 12.3 Å². The van der Waals surface area contributed by atoms with Crippen molar-refractivity contribution in [2.75, 3.05) is 7.11 Å². The maximum Gasteiger partial charge on any atom is 0.260 e. The van der Waals surface area contributed by atoms with E-state index in [-0.39, 0.29) is 0 Å². The summed E-state index contributed by atoms with van der Waals surface area (Å²) in [5, 5.41) is 0. The van der Waals surface area contributed by atoms with E-state index in [1.54, 1.807) is 0 Å². The van der Waals surface area contributed by atoms with E-state index in [0.717, 1.165) is 6.26 Å². The first-order chi connectivity index (χ1) is 3.27. The summed E-state index contributed by atoms with van der Waals surface area (Å²) in [6, 6.07) is 0. The highest BCUT2D eigenvalue weighted by atomic mass is 19.3. The molecule has 0 N–H and O–H groups in total. The lowest BCUT2D eigenvalue weighted by Gasteiger charge is -1.84. The van der Waals surface area contributed by atoms with Gasteiger partial charge in [-0.2, -0.15) is 0 Å². The van der Waals surface area contributed by atoms with Gasteiger partial charge in [-0.05, 0) is 0 Å². The van der Waals surface area contributed by atoms with Crippen LogP contribution in [-0.4, -0.2) is 13.5 Å². The third-order valence-corrected chi connectivity index (χ3v) is 0.360. The van der Waals surface area contributed by atoms with Crippen LogP contribution in [0.4, 0.5) is 8.78 Å². The Morgan fingerprint density at radius 3 is 2.29 bits per heavy atom. The fraction of sp³-hybridized carbons (Fsp3) is 0.500. The van der Waals surface area contributed by atoms with Crippen LogP contribution in [0.1, 0.15) is 0 Å². The van der Waals surface area contributed by atoms with Gasteiger partial charge in [0.1, 0.15) is 0 Å². The van der Waals surface area contributed by atoms with Crippen molar-refractivity contribution in [2.24, 2.45) is 0 Å². The minimum Gasteiger partial charge on any atom is -0.504 e. The molecule has 7 heavy (non-hydrogen) atoms. The molecule has 0 aliphatic rings. The van der Waals surface area contributed by atoms with Crippen molar-refractivity contribution >= 4 is 0 Å². The number of halogens is 2. The summed E-state index contributed by atoms with van der Waals surface area (Å²) in [5.41, 5.74) is 0. The molecule has 42 valence electrons. The van der Waals surface area contributed by atoms with Crippen molar-refractivity contribution < 1.29 is 13.5 Å². The van der Waals surface area contributed by atoms with Gasteiger partial charge in [0.05, 0.1) is 13.4 Å². The highest BCUT2D eigenvalue weighted by molar-refractivity contribution is 4.75. The fourth-order valence-corrected chi connectivity index (χ4v) is 0.138. The maximum absolute atomic E-state index is 11.1. The highest BCUT2D eigenvalue weighted by Crippen LogP contribution is 1.91. The first kappa shape index (κ1) is 6.40. The van der Waals surface area contributed by atoms with E-state index < -0.39 is 6.43 Å². The second-order valence-corrected chi connectivity index (χ2v) is 0.899. The van der Waals surface area contributed by atoms with Gasteiger partial charge in [-0.1, -0.05) is 0 Å². The van der Waals surface area contributed by atoms with Crippen LogP contribution >= 0.6 is 0 Å². The van der Waals surface area contributed by atoms with Crippen molar-refractivity contribution in [1.29, 1.82) is 0 Å². The molecule has 3 heteroatoms. The SMILES string of the molecule is COC=CC(F)F. The van der Waals surface area contributed by atoms with Crippen LogP contribution in [0.25, 0.3) is 0 Å². The minimum absolute atomic E-state index is 0.667. The average molecular weight is 108 g/mol. The predicted octanol–water partition coefficient (Wildman–Crippen LogP) is 1.41. The lowest BCUT2D eigenvalue weighted by molar-refractivity contribution is 0.197. The Balaban J connectivity index is 3.08. The molecule has 1 nitrogen and oxygen atoms in total. The van der Waals surface area contributed by atoms with E-state index in [2.05, 4.69) is 4.74 Å². The molecule has 0 aromatic rings. The monoisotopic (exact) mass is 108 g/mol. The third kappa shape index (κ3) is 5.40. The number of allylic oxidation sites excluding steroid dienone is 1. The molecule has 0 aliphatic carbocycles. The van der Waals surface area contributed by atoms with Gasteiger partial charge in [0.2, 0.25) is 0 Å². The average Bonchev–Trinajstić information content (AvgIpc) is 1.61. The number of hydrogen-bond donors (Lipinski definition) is 0. The molecule has 0 spiro atoms. The number of ether oxygens (including phenoxy) is 1. The van der Waals surface area contributed by atoms with E-state index >= 15 is 0 Å². The lowest BCUT2D eigenvalue weighted by atomic mass is 10.7. The molecule has 0 aromatic carbocycles. The molecule has 0 saturated carbocycles. The van der Waals surface area contributed by atoms with Crippen molar-refractivity contribution in [2.45, 2.75) is 6.43 Å². The Labute approximate surface area is 40.6 Å². The topological polar surface area (TPSA) is 9.23 Å². The molecule has 0 bridgehead atoms. The first-order valence-corrected chi connectivity index (χ1v) is 1.75. The predicted molar refractivity (Wildman–Crippen MR) is 22.2 cm³/mol. The smallest absolute Gasteiger partial charge is 0.260 e. The largest absolute Gasteiger partial charge is 0.504 e. The molecule has 0 saturated heterocycles. The molecule has 0 unspecified atom stereocenters. The normalized spacial score (nSPS) is 10.9. The van der Waals surface area contributed by atoms with Crippen molar-refractivity contribution in [1.82, 2.24) is 0 Å². The lowest BCUT2D eigenvalue weighted by Crippen LogP contribution is -1.79. The van der Waals surface area contributed by atoms with E-state index in [4.69, 9.17) is 0 Å². The van der Waals surface area contributed by atoms with Gasteiger partial charge in [-0.25, -0.2) is 8.78 Å². The summed E-state index contributed by atoms with van der Waals surface area (Å²) in [7, 11) is 1.32.